The number of aldehydes is 1. The highest BCUT2D eigenvalue weighted by atomic mass is 16.1. The van der Waals surface area contributed by atoms with Crippen LogP contribution in [0, 0.1) is 11.8 Å². The summed E-state index contributed by atoms with van der Waals surface area (Å²) in [5, 5.41) is 0. The number of carbonyl (C=O) groups excluding carboxylic acids is 1. The molecule has 0 aromatic rings. The summed E-state index contributed by atoms with van der Waals surface area (Å²) in [7, 11) is 0. The van der Waals surface area contributed by atoms with E-state index in [-0.39, 0.29) is 0 Å². The molecule has 0 saturated heterocycles. The van der Waals surface area contributed by atoms with E-state index >= 15 is 0 Å². The maximum Gasteiger partial charge on any atom is 0.120 e. The van der Waals surface area contributed by atoms with Crippen LogP contribution >= 0.6 is 0 Å². The molecule has 0 bridgehead atoms. The van der Waals surface area contributed by atoms with Gasteiger partial charge in [-0.3, -0.25) is 0 Å². The minimum atomic E-state index is 0.606. The van der Waals surface area contributed by atoms with Crippen molar-refractivity contribution in [2.75, 3.05) is 0 Å². The van der Waals surface area contributed by atoms with Crippen LogP contribution in [-0.4, -0.2) is 6.29 Å². The van der Waals surface area contributed by atoms with Crippen LogP contribution in [0.1, 0.15) is 25.7 Å². The molecule has 1 rings (SSSR count). The van der Waals surface area contributed by atoms with Gasteiger partial charge < -0.3 is 4.79 Å². The number of carbonyl (C=O) groups is 1. The molecule has 0 aromatic carbocycles. The molecule has 0 heterocycles. The summed E-state index contributed by atoms with van der Waals surface area (Å²) < 4.78 is 0. The highest BCUT2D eigenvalue weighted by Crippen LogP contribution is 2.33. The molecule has 1 saturated carbocycles. The molecule has 0 radical (unpaired) electrons. The Kier molecular flexibility index (Phi) is 2.67. The van der Waals surface area contributed by atoms with Crippen LogP contribution in [0.2, 0.25) is 0 Å². The quantitative estimate of drug-likeness (QED) is 0.431. The lowest BCUT2D eigenvalue weighted by Gasteiger charge is -2.11. The van der Waals surface area contributed by atoms with Gasteiger partial charge in [-0.15, -0.1) is 6.58 Å². The van der Waals surface area contributed by atoms with Crippen LogP contribution in [-0.2, 0) is 4.79 Å². The van der Waals surface area contributed by atoms with E-state index in [1.807, 2.05) is 6.08 Å². The molecule has 1 aliphatic carbocycles. The maximum atomic E-state index is 10.2. The van der Waals surface area contributed by atoms with Crippen LogP contribution in [0.3, 0.4) is 0 Å². The van der Waals surface area contributed by atoms with Crippen LogP contribution in [0.25, 0.3) is 0 Å². The van der Waals surface area contributed by atoms with Gasteiger partial charge in [-0.25, -0.2) is 0 Å². The zero-order valence-corrected chi connectivity index (χ0v) is 6.25. The minimum absolute atomic E-state index is 0.606. The standard InChI is InChI=1S/C9H14O/c1-2-8-4-3-5-9(8)6-7-10/h2,7-9H,1,3-6H2. The average Bonchev–Trinajstić information content (AvgIpc) is 2.36. The molecule has 0 amide bonds. The first-order valence-electron chi connectivity index (χ1n) is 3.94. The highest BCUT2D eigenvalue weighted by molar-refractivity contribution is 5.50. The molecule has 56 valence electrons. The van der Waals surface area contributed by atoms with Gasteiger partial charge in [-0.05, 0) is 24.7 Å². The van der Waals surface area contributed by atoms with Crippen molar-refractivity contribution in [3.8, 4) is 0 Å². The molecule has 1 heteroatoms. The number of hydrogen-bond acceptors (Lipinski definition) is 1. The average molecular weight is 138 g/mol. The molecule has 0 aliphatic heterocycles. The molecule has 0 N–H and O–H groups in total. The Hall–Kier alpha value is -0.590. The van der Waals surface area contributed by atoms with Crippen molar-refractivity contribution in [2.24, 2.45) is 11.8 Å². The van der Waals surface area contributed by atoms with Gasteiger partial charge in [0.1, 0.15) is 6.29 Å². The van der Waals surface area contributed by atoms with Gasteiger partial charge in [0.25, 0.3) is 0 Å². The van der Waals surface area contributed by atoms with Gasteiger partial charge in [0.2, 0.25) is 0 Å². The highest BCUT2D eigenvalue weighted by Gasteiger charge is 2.23. The number of rotatable bonds is 3. The van der Waals surface area contributed by atoms with Crippen LogP contribution in [0.4, 0.5) is 0 Å². The minimum Gasteiger partial charge on any atom is -0.303 e. The molecule has 0 aromatic heterocycles. The summed E-state index contributed by atoms with van der Waals surface area (Å²) in [6.45, 7) is 3.76. The first kappa shape index (κ1) is 7.52. The predicted octanol–water partition coefficient (Wildman–Crippen LogP) is 2.18. The molecule has 2 unspecified atom stereocenters. The van der Waals surface area contributed by atoms with E-state index in [1.165, 1.54) is 19.3 Å². The van der Waals surface area contributed by atoms with Crippen molar-refractivity contribution in [1.82, 2.24) is 0 Å². The van der Waals surface area contributed by atoms with Crippen molar-refractivity contribution < 1.29 is 4.79 Å². The lowest BCUT2D eigenvalue weighted by Crippen LogP contribution is -2.04. The van der Waals surface area contributed by atoms with Crippen molar-refractivity contribution in [3.05, 3.63) is 12.7 Å². The van der Waals surface area contributed by atoms with Crippen LogP contribution < -0.4 is 0 Å². The summed E-state index contributed by atoms with van der Waals surface area (Å²) in [5.41, 5.74) is 0. The van der Waals surface area contributed by atoms with E-state index < -0.39 is 0 Å². The third-order valence-corrected chi connectivity index (χ3v) is 2.42. The second-order valence-corrected chi connectivity index (χ2v) is 2.99. The summed E-state index contributed by atoms with van der Waals surface area (Å²) in [5.74, 6) is 1.22. The molecule has 1 nitrogen and oxygen atoms in total. The first-order chi connectivity index (χ1) is 4.88. The van der Waals surface area contributed by atoms with E-state index in [2.05, 4.69) is 6.58 Å². The smallest absolute Gasteiger partial charge is 0.120 e. The van der Waals surface area contributed by atoms with Crippen molar-refractivity contribution in [1.29, 1.82) is 0 Å². The van der Waals surface area contributed by atoms with Gasteiger partial charge in [0.15, 0.2) is 0 Å². The Labute approximate surface area is 62.1 Å². The number of allylic oxidation sites excluding steroid dienone is 1. The second-order valence-electron chi connectivity index (χ2n) is 2.99. The lowest BCUT2D eigenvalue weighted by molar-refractivity contribution is -0.108. The van der Waals surface area contributed by atoms with Crippen molar-refractivity contribution in [2.45, 2.75) is 25.7 Å². The zero-order chi connectivity index (χ0) is 7.40. The van der Waals surface area contributed by atoms with Gasteiger partial charge in [-0.2, -0.15) is 0 Å². The van der Waals surface area contributed by atoms with E-state index in [0.29, 0.717) is 11.8 Å². The Morgan fingerprint density at radius 2 is 2.30 bits per heavy atom. The summed E-state index contributed by atoms with van der Waals surface area (Å²) >= 11 is 0. The fourth-order valence-electron chi connectivity index (χ4n) is 1.79. The fraction of sp³-hybridized carbons (Fsp3) is 0.667. The molecular formula is C9H14O. The maximum absolute atomic E-state index is 10.2. The topological polar surface area (TPSA) is 17.1 Å². The Bertz CT molecular complexity index is 129. The second kappa shape index (κ2) is 3.55. The Morgan fingerprint density at radius 1 is 1.50 bits per heavy atom. The van der Waals surface area contributed by atoms with Gasteiger partial charge in [0, 0.05) is 6.42 Å². The molecule has 1 aliphatic rings. The number of hydrogen-bond donors (Lipinski definition) is 0. The van der Waals surface area contributed by atoms with Crippen LogP contribution in [0.15, 0.2) is 12.7 Å². The molecule has 10 heavy (non-hydrogen) atoms. The normalized spacial score (nSPS) is 32.0. The monoisotopic (exact) mass is 138 g/mol. The largest absolute Gasteiger partial charge is 0.303 e. The third kappa shape index (κ3) is 1.47. The Morgan fingerprint density at radius 3 is 2.90 bits per heavy atom. The van der Waals surface area contributed by atoms with Gasteiger partial charge in [-0.1, -0.05) is 12.5 Å². The van der Waals surface area contributed by atoms with Gasteiger partial charge in [0.05, 0.1) is 0 Å². The summed E-state index contributed by atoms with van der Waals surface area (Å²) in [6.07, 6.45) is 7.50. The van der Waals surface area contributed by atoms with E-state index in [9.17, 15) is 4.79 Å². The predicted molar refractivity (Wildman–Crippen MR) is 41.7 cm³/mol. The van der Waals surface area contributed by atoms with E-state index in [0.717, 1.165) is 12.7 Å². The molecule has 2 atom stereocenters. The third-order valence-electron chi connectivity index (χ3n) is 2.42. The summed E-state index contributed by atoms with van der Waals surface area (Å²) in [6, 6.07) is 0. The van der Waals surface area contributed by atoms with Gasteiger partial charge >= 0.3 is 0 Å². The lowest BCUT2D eigenvalue weighted by atomic mass is 9.94. The van der Waals surface area contributed by atoms with Crippen molar-refractivity contribution in [3.63, 3.8) is 0 Å². The SMILES string of the molecule is C=CC1CCCC1CC=O. The molecule has 0 spiro atoms. The van der Waals surface area contributed by atoms with Crippen LogP contribution in [0.5, 0.6) is 0 Å². The van der Waals surface area contributed by atoms with E-state index in [4.69, 9.17) is 0 Å². The fourth-order valence-corrected chi connectivity index (χ4v) is 1.79. The Balaban J connectivity index is 2.41. The zero-order valence-electron chi connectivity index (χ0n) is 6.25. The van der Waals surface area contributed by atoms with Crippen molar-refractivity contribution >= 4 is 6.29 Å². The first-order valence-corrected chi connectivity index (χ1v) is 3.94. The van der Waals surface area contributed by atoms with E-state index in [1.54, 1.807) is 0 Å². The molecule has 1 fully saturated rings. The summed E-state index contributed by atoms with van der Waals surface area (Å²) in [4.78, 5) is 10.2. The molecular weight excluding hydrogens is 124 g/mol.